The summed E-state index contributed by atoms with van der Waals surface area (Å²) >= 11 is 1.28. The zero-order valence-electron chi connectivity index (χ0n) is 17.0. The Morgan fingerprint density at radius 3 is 2.86 bits per heavy atom. The number of carbonyl (C=O) groups excluding carboxylic acids is 2. The van der Waals surface area contributed by atoms with Gasteiger partial charge in [-0.15, -0.1) is 11.3 Å². The molecule has 1 fully saturated rings. The maximum Gasteiger partial charge on any atom is 0.266 e. The highest BCUT2D eigenvalue weighted by molar-refractivity contribution is 7.11. The third-order valence-electron chi connectivity index (χ3n) is 4.66. The summed E-state index contributed by atoms with van der Waals surface area (Å²) < 4.78 is 11.4. The van der Waals surface area contributed by atoms with Crippen LogP contribution < -0.4 is 4.74 Å². The number of amides is 2. The molecule has 3 rings (SSSR count). The Kier molecular flexibility index (Phi) is 7.22. The molecule has 1 aromatic heterocycles. The van der Waals surface area contributed by atoms with E-state index >= 15 is 0 Å². The lowest BCUT2D eigenvalue weighted by molar-refractivity contribution is -0.132. The second-order valence-electron chi connectivity index (χ2n) is 7.53. The number of methoxy groups -OCH3 is 1. The van der Waals surface area contributed by atoms with Gasteiger partial charge >= 0.3 is 0 Å². The van der Waals surface area contributed by atoms with Crippen LogP contribution in [0.5, 0.6) is 5.75 Å². The lowest BCUT2D eigenvalue weighted by atomic mass is 10.2. The highest BCUT2D eigenvalue weighted by Gasteiger charge is 2.32. The molecule has 1 unspecified atom stereocenters. The molecule has 1 atom stereocenters. The van der Waals surface area contributed by atoms with Crippen LogP contribution in [0, 0.1) is 5.92 Å². The minimum Gasteiger partial charge on any atom is -0.497 e. The molecular weight excluding hydrogens is 390 g/mol. The Balaban J connectivity index is 1.74. The third-order valence-corrected chi connectivity index (χ3v) is 5.42. The van der Waals surface area contributed by atoms with Crippen LogP contribution in [0.4, 0.5) is 0 Å². The summed E-state index contributed by atoms with van der Waals surface area (Å²) in [5.41, 5.74) is 2.60. The molecule has 8 heteroatoms. The van der Waals surface area contributed by atoms with E-state index in [1.807, 2.05) is 24.3 Å². The van der Waals surface area contributed by atoms with E-state index in [0.717, 1.165) is 11.3 Å². The van der Waals surface area contributed by atoms with E-state index in [4.69, 9.17) is 9.47 Å². The topological polar surface area (TPSA) is 72.0 Å². The molecule has 1 saturated heterocycles. The van der Waals surface area contributed by atoms with E-state index in [9.17, 15) is 9.59 Å². The van der Waals surface area contributed by atoms with Crippen molar-refractivity contribution in [1.82, 2.24) is 14.8 Å². The molecule has 0 radical (unpaired) electrons. The summed E-state index contributed by atoms with van der Waals surface area (Å²) in [6, 6.07) is 7.69. The molecule has 2 heterocycles. The van der Waals surface area contributed by atoms with Crippen molar-refractivity contribution in [3.63, 3.8) is 0 Å². The molecule has 0 N–H and O–H groups in total. The van der Waals surface area contributed by atoms with Crippen molar-refractivity contribution < 1.29 is 19.1 Å². The summed E-state index contributed by atoms with van der Waals surface area (Å²) in [6.45, 7) is 6.06. The van der Waals surface area contributed by atoms with Gasteiger partial charge in [0.1, 0.15) is 17.2 Å². The molecular formula is C21H27N3O4S. The first kappa shape index (κ1) is 21.3. The number of benzene rings is 1. The van der Waals surface area contributed by atoms with Crippen molar-refractivity contribution in [2.45, 2.75) is 26.6 Å². The predicted molar refractivity (Wildman–Crippen MR) is 111 cm³/mol. The van der Waals surface area contributed by atoms with Gasteiger partial charge in [-0.3, -0.25) is 14.6 Å². The first-order valence-electron chi connectivity index (χ1n) is 9.66. The van der Waals surface area contributed by atoms with E-state index in [2.05, 4.69) is 18.8 Å². The molecule has 29 heavy (non-hydrogen) atoms. The van der Waals surface area contributed by atoms with Crippen molar-refractivity contribution in [3.05, 3.63) is 46.4 Å². The van der Waals surface area contributed by atoms with Gasteiger partial charge in [-0.05, 0) is 23.6 Å². The van der Waals surface area contributed by atoms with Gasteiger partial charge < -0.3 is 19.3 Å². The predicted octanol–water partition coefficient (Wildman–Crippen LogP) is 2.68. The Hall–Kier alpha value is -2.45. The smallest absolute Gasteiger partial charge is 0.266 e. The fraction of sp³-hybridized carbons (Fsp3) is 0.476. The van der Waals surface area contributed by atoms with Gasteiger partial charge in [-0.2, -0.15) is 0 Å². The largest absolute Gasteiger partial charge is 0.497 e. The van der Waals surface area contributed by atoms with Crippen molar-refractivity contribution >= 4 is 23.2 Å². The first-order chi connectivity index (χ1) is 14.0. The van der Waals surface area contributed by atoms with Crippen LogP contribution >= 0.6 is 11.3 Å². The second kappa shape index (κ2) is 9.84. The van der Waals surface area contributed by atoms with Crippen LogP contribution in [-0.4, -0.2) is 66.0 Å². The lowest BCUT2D eigenvalue weighted by Gasteiger charge is -2.26. The Bertz CT molecular complexity index is 825. The maximum absolute atomic E-state index is 12.8. The fourth-order valence-electron chi connectivity index (χ4n) is 3.31. The maximum atomic E-state index is 12.8. The number of ether oxygens (including phenoxy) is 2. The van der Waals surface area contributed by atoms with Crippen LogP contribution in [0.25, 0.3) is 0 Å². The van der Waals surface area contributed by atoms with Crippen molar-refractivity contribution in [2.24, 2.45) is 5.92 Å². The second-order valence-corrected chi connectivity index (χ2v) is 8.41. The number of nitrogens with zero attached hydrogens (tertiary/aromatic N) is 3. The number of hydrogen-bond acceptors (Lipinski definition) is 6. The molecule has 156 valence electrons. The standard InChI is InChI=1S/C21H27N3O4S/c1-15(2)9-23-10-18(28-13-16-5-4-6-17(7-16)27-3)11-24(12-20(23)25)21(26)19-8-22-14-29-19/h4-8,14-15,18H,9-13H2,1-3H3. The molecule has 0 saturated carbocycles. The number of thiazole rings is 1. The van der Waals surface area contributed by atoms with Gasteiger partial charge in [0.05, 0.1) is 31.5 Å². The number of hydrogen-bond donors (Lipinski definition) is 0. The van der Waals surface area contributed by atoms with E-state index in [0.29, 0.717) is 37.0 Å². The van der Waals surface area contributed by atoms with Gasteiger partial charge in [0.2, 0.25) is 5.91 Å². The fourth-order valence-corrected chi connectivity index (χ4v) is 3.90. The molecule has 0 bridgehead atoms. The zero-order chi connectivity index (χ0) is 20.8. The normalized spacial score (nSPS) is 17.5. The molecule has 1 aromatic carbocycles. The zero-order valence-corrected chi connectivity index (χ0v) is 17.9. The SMILES string of the molecule is COc1cccc(COC2CN(CC(C)C)C(=O)CN(C(=O)c3cncs3)C2)c1. The van der Waals surface area contributed by atoms with Gasteiger partial charge in [0.15, 0.2) is 0 Å². The molecule has 1 aliphatic rings. The minimum atomic E-state index is -0.275. The first-order valence-corrected chi connectivity index (χ1v) is 10.5. The number of aromatic nitrogens is 1. The van der Waals surface area contributed by atoms with E-state index in [1.54, 1.807) is 28.6 Å². The van der Waals surface area contributed by atoms with Gasteiger partial charge in [0.25, 0.3) is 5.91 Å². The minimum absolute atomic E-state index is 0.0518. The van der Waals surface area contributed by atoms with Crippen LogP contribution in [0.3, 0.4) is 0 Å². The van der Waals surface area contributed by atoms with Gasteiger partial charge in [0, 0.05) is 19.6 Å². The molecule has 7 nitrogen and oxygen atoms in total. The average Bonchev–Trinajstić information content (AvgIpc) is 3.19. The number of rotatable bonds is 7. The molecule has 2 amide bonds. The Morgan fingerprint density at radius 1 is 1.34 bits per heavy atom. The monoisotopic (exact) mass is 417 g/mol. The van der Waals surface area contributed by atoms with E-state index in [1.165, 1.54) is 11.3 Å². The molecule has 2 aromatic rings. The van der Waals surface area contributed by atoms with Crippen LogP contribution in [-0.2, 0) is 16.1 Å². The van der Waals surface area contributed by atoms with E-state index in [-0.39, 0.29) is 24.5 Å². The van der Waals surface area contributed by atoms with Gasteiger partial charge in [-0.25, -0.2) is 0 Å². The van der Waals surface area contributed by atoms with Crippen LogP contribution in [0.2, 0.25) is 0 Å². The van der Waals surface area contributed by atoms with Crippen molar-refractivity contribution in [2.75, 3.05) is 33.3 Å². The van der Waals surface area contributed by atoms with Crippen molar-refractivity contribution in [1.29, 1.82) is 0 Å². The Labute approximate surface area is 175 Å². The van der Waals surface area contributed by atoms with E-state index < -0.39 is 0 Å². The highest BCUT2D eigenvalue weighted by Crippen LogP contribution is 2.18. The van der Waals surface area contributed by atoms with Crippen molar-refractivity contribution in [3.8, 4) is 5.75 Å². The summed E-state index contributed by atoms with van der Waals surface area (Å²) in [5.74, 6) is 0.874. The quantitative estimate of drug-likeness (QED) is 0.693. The molecule has 0 spiro atoms. The summed E-state index contributed by atoms with van der Waals surface area (Å²) in [7, 11) is 1.63. The highest BCUT2D eigenvalue weighted by atomic mass is 32.1. The summed E-state index contributed by atoms with van der Waals surface area (Å²) in [5, 5.41) is 0. The van der Waals surface area contributed by atoms with Gasteiger partial charge in [-0.1, -0.05) is 26.0 Å². The Morgan fingerprint density at radius 2 is 2.17 bits per heavy atom. The molecule has 0 aliphatic carbocycles. The average molecular weight is 418 g/mol. The third kappa shape index (κ3) is 5.77. The number of carbonyl (C=O) groups is 2. The van der Waals surface area contributed by atoms with Crippen LogP contribution in [0.15, 0.2) is 36.0 Å². The summed E-state index contributed by atoms with van der Waals surface area (Å²) in [6.07, 6.45) is 1.27. The van der Waals surface area contributed by atoms with Crippen LogP contribution in [0.1, 0.15) is 29.1 Å². The lowest BCUT2D eigenvalue weighted by Crippen LogP contribution is -2.40. The molecule has 1 aliphatic heterocycles. The summed E-state index contributed by atoms with van der Waals surface area (Å²) in [4.78, 5) is 33.5.